The van der Waals surface area contributed by atoms with Gasteiger partial charge in [0, 0.05) is 39.1 Å². The fourth-order valence-corrected chi connectivity index (χ4v) is 8.02. The molecule has 59 heavy (non-hydrogen) atoms. The minimum Gasteiger partial charge on any atom is -0.499 e. The summed E-state index contributed by atoms with van der Waals surface area (Å²) in [6.07, 6.45) is 36.3. The molecule has 0 fully saturated rings. The van der Waals surface area contributed by atoms with Crippen LogP contribution in [-0.2, 0) is 28.5 Å². The largest absolute Gasteiger partial charge is 0.499 e. The van der Waals surface area contributed by atoms with E-state index in [0.29, 0.717) is 38.7 Å². The van der Waals surface area contributed by atoms with Crippen LogP contribution in [0.5, 0.6) is 0 Å². The standard InChI is InChI=1S/C52H101NO6/c1-8-14-19-20-21-30-41-53(13-6)52(55)50(58-43-32-22-28-33-47(7)57-44-39-48(34-24-15-9-2)35-25-16-10-3)46-56-42-31-23-29-38-51(54)59-45-40-49(36-26-17-11-4)37-27-18-12-5/h48-50H,7-46H2,1-6H3. The number of carbonyl (C=O) groups is 2. The highest BCUT2D eigenvalue weighted by Gasteiger charge is 2.24. The molecule has 0 rings (SSSR count). The predicted molar refractivity (Wildman–Crippen MR) is 252 cm³/mol. The van der Waals surface area contributed by atoms with Crippen LogP contribution in [0.1, 0.15) is 247 Å². The van der Waals surface area contributed by atoms with Crippen molar-refractivity contribution in [3.05, 3.63) is 12.3 Å². The third-order valence-corrected chi connectivity index (χ3v) is 12.1. The molecule has 7 heteroatoms. The fourth-order valence-electron chi connectivity index (χ4n) is 8.02. The summed E-state index contributed by atoms with van der Waals surface area (Å²) in [5.74, 6) is 2.32. The van der Waals surface area contributed by atoms with Crippen LogP contribution in [0.2, 0.25) is 0 Å². The number of hydrogen-bond acceptors (Lipinski definition) is 6. The lowest BCUT2D eigenvalue weighted by atomic mass is 9.92. The maximum absolute atomic E-state index is 13.7. The molecule has 0 aromatic heterocycles. The number of allylic oxidation sites excluding steroid dienone is 1. The lowest BCUT2D eigenvalue weighted by molar-refractivity contribution is -0.148. The Balaban J connectivity index is 4.68. The van der Waals surface area contributed by atoms with Crippen LogP contribution in [0.3, 0.4) is 0 Å². The van der Waals surface area contributed by atoms with Crippen LogP contribution < -0.4 is 0 Å². The summed E-state index contributed by atoms with van der Waals surface area (Å²) >= 11 is 0. The van der Waals surface area contributed by atoms with Crippen LogP contribution in [-0.4, -0.2) is 69.0 Å². The fraction of sp³-hybridized carbons (Fsp3) is 0.923. The van der Waals surface area contributed by atoms with Crippen molar-refractivity contribution in [1.82, 2.24) is 4.90 Å². The molecule has 0 N–H and O–H groups in total. The van der Waals surface area contributed by atoms with Gasteiger partial charge in [-0.2, -0.15) is 0 Å². The Kier molecular flexibility index (Phi) is 43.3. The Morgan fingerprint density at radius 2 is 0.932 bits per heavy atom. The van der Waals surface area contributed by atoms with Gasteiger partial charge in [0.25, 0.3) is 5.91 Å². The molecule has 0 aliphatic heterocycles. The molecule has 0 aliphatic carbocycles. The zero-order valence-corrected chi connectivity index (χ0v) is 40.4. The van der Waals surface area contributed by atoms with E-state index in [1.807, 2.05) is 4.90 Å². The monoisotopic (exact) mass is 836 g/mol. The second-order valence-corrected chi connectivity index (χ2v) is 17.6. The second kappa shape index (κ2) is 44.5. The number of rotatable bonds is 47. The van der Waals surface area contributed by atoms with Gasteiger partial charge in [-0.05, 0) is 63.7 Å². The Bertz CT molecular complexity index is 907. The second-order valence-electron chi connectivity index (χ2n) is 17.6. The van der Waals surface area contributed by atoms with Gasteiger partial charge in [0.2, 0.25) is 0 Å². The van der Waals surface area contributed by atoms with E-state index in [9.17, 15) is 9.59 Å². The van der Waals surface area contributed by atoms with E-state index in [0.717, 1.165) is 95.5 Å². The lowest BCUT2D eigenvalue weighted by Crippen LogP contribution is -2.43. The molecular formula is C52H101NO6. The van der Waals surface area contributed by atoms with Crippen molar-refractivity contribution < 1.29 is 28.5 Å². The van der Waals surface area contributed by atoms with E-state index in [-0.39, 0.29) is 18.5 Å². The number of esters is 1. The van der Waals surface area contributed by atoms with Crippen LogP contribution in [0, 0.1) is 11.8 Å². The van der Waals surface area contributed by atoms with E-state index in [2.05, 4.69) is 48.1 Å². The third kappa shape index (κ3) is 36.7. The first-order valence-electron chi connectivity index (χ1n) is 25.8. The Morgan fingerprint density at radius 3 is 1.47 bits per heavy atom. The summed E-state index contributed by atoms with van der Waals surface area (Å²) in [5.41, 5.74) is 0. The van der Waals surface area contributed by atoms with Gasteiger partial charge in [-0.15, -0.1) is 0 Å². The highest BCUT2D eigenvalue weighted by atomic mass is 16.5. The van der Waals surface area contributed by atoms with Crippen molar-refractivity contribution in [3.8, 4) is 0 Å². The van der Waals surface area contributed by atoms with Gasteiger partial charge in [0.1, 0.15) is 0 Å². The zero-order chi connectivity index (χ0) is 43.4. The quantitative estimate of drug-likeness (QED) is 0.0345. The number of carbonyl (C=O) groups excluding carboxylic acids is 2. The first kappa shape index (κ1) is 57.4. The number of unbranched alkanes of at least 4 members (excludes halogenated alkanes) is 17. The van der Waals surface area contributed by atoms with Gasteiger partial charge in [-0.25, -0.2) is 0 Å². The van der Waals surface area contributed by atoms with Gasteiger partial charge < -0.3 is 23.8 Å². The summed E-state index contributed by atoms with van der Waals surface area (Å²) in [6, 6.07) is 0. The maximum Gasteiger partial charge on any atom is 0.305 e. The molecule has 1 amide bonds. The highest BCUT2D eigenvalue weighted by molar-refractivity contribution is 5.81. The van der Waals surface area contributed by atoms with E-state index >= 15 is 0 Å². The molecule has 0 aromatic rings. The summed E-state index contributed by atoms with van der Waals surface area (Å²) < 4.78 is 24.1. The summed E-state index contributed by atoms with van der Waals surface area (Å²) in [5, 5.41) is 0. The molecule has 0 spiro atoms. The van der Waals surface area contributed by atoms with Gasteiger partial charge in [-0.1, -0.05) is 189 Å². The highest BCUT2D eigenvalue weighted by Crippen LogP contribution is 2.23. The molecular weight excluding hydrogens is 735 g/mol. The third-order valence-electron chi connectivity index (χ3n) is 12.1. The van der Waals surface area contributed by atoms with Crippen molar-refractivity contribution in [3.63, 3.8) is 0 Å². The first-order chi connectivity index (χ1) is 28.9. The molecule has 0 saturated heterocycles. The van der Waals surface area contributed by atoms with Gasteiger partial charge in [-0.3, -0.25) is 9.59 Å². The minimum atomic E-state index is -0.585. The van der Waals surface area contributed by atoms with E-state index < -0.39 is 6.10 Å². The minimum absolute atomic E-state index is 0.0474. The topological polar surface area (TPSA) is 74.3 Å². The molecule has 0 bridgehead atoms. The molecule has 0 aliphatic rings. The average molecular weight is 836 g/mol. The van der Waals surface area contributed by atoms with Crippen LogP contribution >= 0.6 is 0 Å². The van der Waals surface area contributed by atoms with Crippen molar-refractivity contribution in [1.29, 1.82) is 0 Å². The van der Waals surface area contributed by atoms with Crippen LogP contribution in [0.25, 0.3) is 0 Å². The normalized spacial score (nSPS) is 12.1. The molecule has 7 nitrogen and oxygen atoms in total. The van der Waals surface area contributed by atoms with E-state index in [1.165, 1.54) is 128 Å². The van der Waals surface area contributed by atoms with Crippen molar-refractivity contribution >= 4 is 11.9 Å². The molecule has 1 atom stereocenters. The van der Waals surface area contributed by atoms with Gasteiger partial charge >= 0.3 is 5.97 Å². The van der Waals surface area contributed by atoms with E-state index in [1.54, 1.807) is 0 Å². The molecule has 350 valence electrons. The molecule has 0 saturated carbocycles. The number of ether oxygens (including phenoxy) is 4. The Hall–Kier alpha value is -1.60. The lowest BCUT2D eigenvalue weighted by Gasteiger charge is -2.26. The molecule has 0 radical (unpaired) electrons. The van der Waals surface area contributed by atoms with Crippen LogP contribution in [0.4, 0.5) is 0 Å². The van der Waals surface area contributed by atoms with Crippen molar-refractivity contribution in [2.45, 2.75) is 253 Å². The Morgan fingerprint density at radius 1 is 0.475 bits per heavy atom. The molecule has 0 heterocycles. The first-order valence-corrected chi connectivity index (χ1v) is 25.8. The number of nitrogens with zero attached hydrogens (tertiary/aromatic N) is 1. The maximum atomic E-state index is 13.7. The van der Waals surface area contributed by atoms with Crippen molar-refractivity contribution in [2.24, 2.45) is 11.8 Å². The van der Waals surface area contributed by atoms with Crippen LogP contribution in [0.15, 0.2) is 12.3 Å². The summed E-state index contributed by atoms with van der Waals surface area (Å²) in [4.78, 5) is 28.1. The SMILES string of the molecule is C=C(CCCCCOC(COCCCCCC(=O)OCCC(CCCCC)CCCCC)C(=O)N(CC)CCCCCCCC)OCCC(CCCCC)CCCCC. The Labute approximate surface area is 367 Å². The predicted octanol–water partition coefficient (Wildman–Crippen LogP) is 15.1. The molecule has 0 aromatic carbocycles. The van der Waals surface area contributed by atoms with Gasteiger partial charge in [0.05, 0.1) is 25.6 Å². The van der Waals surface area contributed by atoms with Crippen molar-refractivity contribution in [2.75, 3.05) is 46.1 Å². The number of likely N-dealkylation sites (N-methyl/N-ethyl adjacent to an activating group) is 1. The smallest absolute Gasteiger partial charge is 0.305 e. The average Bonchev–Trinajstić information content (AvgIpc) is 3.23. The summed E-state index contributed by atoms with van der Waals surface area (Å²) in [7, 11) is 0. The zero-order valence-electron chi connectivity index (χ0n) is 40.4. The van der Waals surface area contributed by atoms with E-state index in [4.69, 9.17) is 18.9 Å². The number of hydrogen-bond donors (Lipinski definition) is 0. The van der Waals surface area contributed by atoms with Gasteiger partial charge in [0.15, 0.2) is 6.10 Å². The number of amides is 1. The summed E-state index contributed by atoms with van der Waals surface area (Å²) in [6.45, 7) is 21.7. The molecule has 1 unspecified atom stereocenters.